The molecule has 0 saturated carbocycles. The number of nitrogens with zero attached hydrogens (tertiary/aromatic N) is 1. The molecule has 20 heavy (non-hydrogen) atoms. The van der Waals surface area contributed by atoms with E-state index in [1.807, 2.05) is 11.8 Å². The highest BCUT2D eigenvalue weighted by atomic mass is 32.2. The summed E-state index contributed by atoms with van der Waals surface area (Å²) in [6.07, 6.45) is 1.11. The summed E-state index contributed by atoms with van der Waals surface area (Å²) in [5.41, 5.74) is 5.32. The number of aromatic nitrogens is 1. The number of aryl methyl sites for hydroxylation is 1. The van der Waals surface area contributed by atoms with Gasteiger partial charge >= 0.3 is 0 Å². The molecule has 0 N–H and O–H groups in total. The van der Waals surface area contributed by atoms with Crippen LogP contribution in [0.1, 0.15) is 18.9 Å². The van der Waals surface area contributed by atoms with Crippen molar-refractivity contribution in [1.29, 1.82) is 0 Å². The Balaban J connectivity index is 2.17. The fourth-order valence-corrected chi connectivity index (χ4v) is 4.36. The first-order chi connectivity index (χ1) is 9.79. The lowest BCUT2D eigenvalue weighted by atomic mass is 10.0. The highest BCUT2D eigenvalue weighted by molar-refractivity contribution is 7.99. The third kappa shape index (κ3) is 1.58. The molecule has 0 radical (unpaired) electrons. The van der Waals surface area contributed by atoms with Crippen molar-refractivity contribution in [1.82, 2.24) is 4.57 Å². The lowest BCUT2D eigenvalue weighted by molar-refractivity contribution is 0.826. The van der Waals surface area contributed by atoms with Crippen LogP contribution in [0, 0.1) is 0 Å². The van der Waals surface area contributed by atoms with Crippen molar-refractivity contribution >= 4 is 39.1 Å². The van der Waals surface area contributed by atoms with E-state index in [2.05, 4.69) is 54.5 Å². The van der Waals surface area contributed by atoms with Gasteiger partial charge in [-0.05, 0) is 42.7 Å². The van der Waals surface area contributed by atoms with Crippen molar-refractivity contribution < 1.29 is 0 Å². The molecule has 1 aliphatic heterocycles. The van der Waals surface area contributed by atoms with Crippen LogP contribution in [-0.4, -0.2) is 10.3 Å². The molecular formula is C18H17NS. The summed E-state index contributed by atoms with van der Waals surface area (Å²) in [5, 5.41) is 2.74. The van der Waals surface area contributed by atoms with Crippen molar-refractivity contribution in [3.8, 4) is 0 Å². The van der Waals surface area contributed by atoms with Gasteiger partial charge in [0.05, 0.1) is 0 Å². The van der Waals surface area contributed by atoms with E-state index in [1.165, 1.54) is 37.8 Å². The Labute approximate surface area is 123 Å². The molecule has 0 saturated heterocycles. The zero-order valence-corrected chi connectivity index (χ0v) is 12.5. The molecule has 3 aromatic rings. The SMILES string of the molecule is C=C1CCSc2cc3c4ccccc4n(CC)c3cc21. The summed E-state index contributed by atoms with van der Waals surface area (Å²) in [7, 11) is 0. The first-order valence-corrected chi connectivity index (χ1v) is 8.14. The van der Waals surface area contributed by atoms with Crippen LogP contribution in [0.25, 0.3) is 27.4 Å². The fraction of sp³-hybridized carbons (Fsp3) is 0.222. The maximum absolute atomic E-state index is 4.25. The number of benzene rings is 2. The molecule has 0 amide bonds. The van der Waals surface area contributed by atoms with Gasteiger partial charge in [0.2, 0.25) is 0 Å². The molecule has 1 aliphatic rings. The van der Waals surface area contributed by atoms with Crippen molar-refractivity contribution in [2.24, 2.45) is 0 Å². The van der Waals surface area contributed by atoms with E-state index in [-0.39, 0.29) is 0 Å². The lowest BCUT2D eigenvalue weighted by Gasteiger charge is -2.18. The van der Waals surface area contributed by atoms with Gasteiger partial charge in [0.1, 0.15) is 0 Å². The molecule has 0 spiro atoms. The zero-order valence-electron chi connectivity index (χ0n) is 11.6. The minimum Gasteiger partial charge on any atom is -0.341 e. The Morgan fingerprint density at radius 3 is 2.85 bits per heavy atom. The smallest absolute Gasteiger partial charge is 0.0498 e. The van der Waals surface area contributed by atoms with E-state index < -0.39 is 0 Å². The van der Waals surface area contributed by atoms with E-state index in [1.54, 1.807) is 0 Å². The molecule has 1 nitrogen and oxygen atoms in total. The predicted molar refractivity (Wildman–Crippen MR) is 89.5 cm³/mol. The Kier molecular flexibility index (Phi) is 2.67. The molecule has 0 bridgehead atoms. The van der Waals surface area contributed by atoms with Crippen LogP contribution in [-0.2, 0) is 6.54 Å². The number of allylic oxidation sites excluding steroid dienone is 1. The summed E-state index contributed by atoms with van der Waals surface area (Å²) in [6.45, 7) is 7.47. The molecule has 0 fully saturated rings. The van der Waals surface area contributed by atoms with Gasteiger partial charge in [0.15, 0.2) is 0 Å². The van der Waals surface area contributed by atoms with Crippen LogP contribution in [0.3, 0.4) is 0 Å². The number of hydrogen-bond donors (Lipinski definition) is 0. The molecular weight excluding hydrogens is 262 g/mol. The van der Waals surface area contributed by atoms with E-state index in [0.29, 0.717) is 0 Å². The standard InChI is InChI=1S/C18H17NS/c1-3-19-16-7-5-4-6-13(16)15-11-18-14(10-17(15)19)12(2)8-9-20-18/h4-7,10-11H,2-3,8-9H2,1H3. The zero-order chi connectivity index (χ0) is 13.7. The largest absolute Gasteiger partial charge is 0.341 e. The fourth-order valence-electron chi connectivity index (χ4n) is 3.23. The van der Waals surface area contributed by atoms with E-state index in [0.717, 1.165) is 18.7 Å². The molecule has 2 heteroatoms. The third-order valence-electron chi connectivity index (χ3n) is 4.23. The van der Waals surface area contributed by atoms with Gasteiger partial charge in [-0.1, -0.05) is 24.8 Å². The lowest BCUT2D eigenvalue weighted by Crippen LogP contribution is -1.98. The minimum absolute atomic E-state index is 1.00. The van der Waals surface area contributed by atoms with Crippen LogP contribution < -0.4 is 0 Å². The molecule has 0 atom stereocenters. The van der Waals surface area contributed by atoms with Gasteiger partial charge in [0, 0.05) is 39.0 Å². The summed E-state index contributed by atoms with van der Waals surface area (Å²) < 4.78 is 2.41. The van der Waals surface area contributed by atoms with Crippen LogP contribution in [0.15, 0.2) is 47.9 Å². The first kappa shape index (κ1) is 12.1. The molecule has 0 unspecified atom stereocenters. The second kappa shape index (κ2) is 4.42. The Hall–Kier alpha value is -1.67. The second-order valence-corrected chi connectivity index (χ2v) is 6.47. The normalized spacial score (nSPS) is 14.9. The summed E-state index contributed by atoms with van der Waals surface area (Å²) in [6, 6.07) is 13.4. The number of rotatable bonds is 1. The van der Waals surface area contributed by atoms with Crippen molar-refractivity contribution in [2.75, 3.05) is 5.75 Å². The number of thioether (sulfide) groups is 1. The van der Waals surface area contributed by atoms with Crippen molar-refractivity contribution in [2.45, 2.75) is 24.8 Å². The van der Waals surface area contributed by atoms with Gasteiger partial charge in [-0.2, -0.15) is 0 Å². The second-order valence-electron chi connectivity index (χ2n) is 5.33. The minimum atomic E-state index is 1.00. The van der Waals surface area contributed by atoms with Gasteiger partial charge in [0.25, 0.3) is 0 Å². The van der Waals surface area contributed by atoms with Gasteiger partial charge in [-0.25, -0.2) is 0 Å². The quantitative estimate of drug-likeness (QED) is 0.583. The summed E-state index contributed by atoms with van der Waals surface area (Å²) in [5.74, 6) is 1.16. The Morgan fingerprint density at radius 1 is 1.15 bits per heavy atom. The number of hydrogen-bond acceptors (Lipinski definition) is 1. The Bertz CT molecular complexity index is 841. The average Bonchev–Trinajstić information content (AvgIpc) is 2.79. The monoisotopic (exact) mass is 279 g/mol. The van der Waals surface area contributed by atoms with Crippen LogP contribution in [0.5, 0.6) is 0 Å². The molecule has 2 heterocycles. The predicted octanol–water partition coefficient (Wildman–Crippen LogP) is 5.32. The molecule has 0 aliphatic carbocycles. The van der Waals surface area contributed by atoms with Gasteiger partial charge < -0.3 is 4.57 Å². The van der Waals surface area contributed by atoms with Gasteiger partial charge in [-0.3, -0.25) is 0 Å². The van der Waals surface area contributed by atoms with E-state index in [9.17, 15) is 0 Å². The maximum Gasteiger partial charge on any atom is 0.0498 e. The first-order valence-electron chi connectivity index (χ1n) is 7.15. The van der Waals surface area contributed by atoms with Crippen LogP contribution >= 0.6 is 11.8 Å². The molecule has 4 rings (SSSR count). The highest BCUT2D eigenvalue weighted by Gasteiger charge is 2.17. The van der Waals surface area contributed by atoms with Gasteiger partial charge in [-0.15, -0.1) is 11.8 Å². The average molecular weight is 279 g/mol. The topological polar surface area (TPSA) is 4.93 Å². The van der Waals surface area contributed by atoms with E-state index >= 15 is 0 Å². The van der Waals surface area contributed by atoms with Crippen LogP contribution in [0.4, 0.5) is 0 Å². The summed E-state index contributed by atoms with van der Waals surface area (Å²) >= 11 is 1.96. The van der Waals surface area contributed by atoms with E-state index in [4.69, 9.17) is 0 Å². The molecule has 2 aromatic carbocycles. The van der Waals surface area contributed by atoms with Crippen molar-refractivity contribution in [3.63, 3.8) is 0 Å². The number of para-hydroxylation sites is 1. The summed E-state index contributed by atoms with van der Waals surface area (Å²) in [4.78, 5) is 1.40. The Morgan fingerprint density at radius 2 is 2.00 bits per heavy atom. The third-order valence-corrected chi connectivity index (χ3v) is 5.29. The molecule has 1 aromatic heterocycles. The highest BCUT2D eigenvalue weighted by Crippen LogP contribution is 2.41. The van der Waals surface area contributed by atoms with Crippen molar-refractivity contribution in [3.05, 3.63) is 48.5 Å². The van der Waals surface area contributed by atoms with Crippen LogP contribution in [0.2, 0.25) is 0 Å². The molecule has 100 valence electrons. The maximum atomic E-state index is 4.25. The number of fused-ring (bicyclic) bond motifs is 4.